The van der Waals surface area contributed by atoms with Crippen LogP contribution in [0.4, 0.5) is 0 Å². The number of hydrogen-bond donors (Lipinski definition) is 2. The van der Waals surface area contributed by atoms with Crippen molar-refractivity contribution in [3.05, 3.63) is 35.4 Å². The van der Waals surface area contributed by atoms with Crippen molar-refractivity contribution < 1.29 is 0 Å². The molecule has 2 N–H and O–H groups in total. The Hall–Kier alpha value is -1.55. The van der Waals surface area contributed by atoms with Crippen molar-refractivity contribution in [2.24, 2.45) is 4.99 Å². The second kappa shape index (κ2) is 6.94. The van der Waals surface area contributed by atoms with Gasteiger partial charge in [-0.1, -0.05) is 24.3 Å². The lowest BCUT2D eigenvalue weighted by atomic mass is 10.0. The van der Waals surface area contributed by atoms with Crippen molar-refractivity contribution in [2.75, 3.05) is 26.7 Å². The molecule has 0 aromatic heterocycles. The Balaban J connectivity index is 1.86. The van der Waals surface area contributed by atoms with Gasteiger partial charge in [-0.2, -0.15) is 0 Å². The lowest BCUT2D eigenvalue weighted by molar-refractivity contribution is 0.375. The second-order valence-corrected chi connectivity index (χ2v) is 6.59. The van der Waals surface area contributed by atoms with Crippen LogP contribution in [0.15, 0.2) is 29.3 Å². The SMILES string of the molecule is CN=C(NCCNC(C)(C)C)N1CCc2ccccc2C1. The van der Waals surface area contributed by atoms with Gasteiger partial charge in [0.15, 0.2) is 5.96 Å². The zero-order valence-corrected chi connectivity index (χ0v) is 13.7. The molecule has 0 radical (unpaired) electrons. The number of fused-ring (bicyclic) bond motifs is 1. The van der Waals surface area contributed by atoms with Crippen LogP contribution in [0.5, 0.6) is 0 Å². The minimum atomic E-state index is 0.162. The minimum absolute atomic E-state index is 0.162. The van der Waals surface area contributed by atoms with Crippen LogP contribution in [-0.4, -0.2) is 43.1 Å². The molecule has 1 aromatic carbocycles. The average molecular weight is 288 g/mol. The number of nitrogens with zero attached hydrogens (tertiary/aromatic N) is 2. The number of hydrogen-bond acceptors (Lipinski definition) is 2. The molecule has 1 aromatic rings. The van der Waals surface area contributed by atoms with E-state index in [0.29, 0.717) is 0 Å². The first-order chi connectivity index (χ1) is 9.99. The molecule has 0 bridgehead atoms. The van der Waals surface area contributed by atoms with Crippen LogP contribution in [0, 0.1) is 0 Å². The summed E-state index contributed by atoms with van der Waals surface area (Å²) < 4.78 is 0. The van der Waals surface area contributed by atoms with E-state index in [4.69, 9.17) is 0 Å². The van der Waals surface area contributed by atoms with Gasteiger partial charge in [0.25, 0.3) is 0 Å². The van der Waals surface area contributed by atoms with Crippen molar-refractivity contribution in [1.82, 2.24) is 15.5 Å². The van der Waals surface area contributed by atoms with Crippen molar-refractivity contribution in [3.8, 4) is 0 Å². The minimum Gasteiger partial charge on any atom is -0.355 e. The maximum absolute atomic E-state index is 4.42. The summed E-state index contributed by atoms with van der Waals surface area (Å²) in [5.41, 5.74) is 3.05. The van der Waals surface area contributed by atoms with Crippen LogP contribution in [0.1, 0.15) is 31.9 Å². The predicted molar refractivity (Wildman–Crippen MR) is 89.7 cm³/mol. The highest BCUT2D eigenvalue weighted by atomic mass is 15.3. The number of rotatable bonds is 3. The lowest BCUT2D eigenvalue weighted by Crippen LogP contribution is -2.47. The first-order valence-corrected chi connectivity index (χ1v) is 7.77. The maximum Gasteiger partial charge on any atom is 0.194 e. The molecular weight excluding hydrogens is 260 g/mol. The summed E-state index contributed by atoms with van der Waals surface area (Å²) >= 11 is 0. The predicted octanol–water partition coefficient (Wildman–Crippen LogP) is 2.01. The third kappa shape index (κ3) is 4.74. The summed E-state index contributed by atoms with van der Waals surface area (Å²) in [4.78, 5) is 6.76. The molecule has 1 aliphatic heterocycles. The number of benzene rings is 1. The topological polar surface area (TPSA) is 39.7 Å². The molecule has 0 aliphatic carbocycles. The fourth-order valence-electron chi connectivity index (χ4n) is 2.62. The monoisotopic (exact) mass is 288 g/mol. The van der Waals surface area contributed by atoms with E-state index in [9.17, 15) is 0 Å². The van der Waals surface area contributed by atoms with Gasteiger partial charge in [0.05, 0.1) is 0 Å². The maximum atomic E-state index is 4.42. The normalized spacial score (nSPS) is 15.8. The average Bonchev–Trinajstić information content (AvgIpc) is 2.46. The Kier molecular flexibility index (Phi) is 5.23. The van der Waals surface area contributed by atoms with E-state index in [1.807, 2.05) is 7.05 Å². The molecule has 0 fully saturated rings. The van der Waals surface area contributed by atoms with E-state index < -0.39 is 0 Å². The molecule has 0 spiro atoms. The first-order valence-electron chi connectivity index (χ1n) is 7.77. The van der Waals surface area contributed by atoms with Crippen LogP contribution in [0.25, 0.3) is 0 Å². The summed E-state index contributed by atoms with van der Waals surface area (Å²) in [5.74, 6) is 1.00. The van der Waals surface area contributed by atoms with Crippen molar-refractivity contribution in [2.45, 2.75) is 39.3 Å². The Morgan fingerprint density at radius 2 is 1.90 bits per heavy atom. The van der Waals surface area contributed by atoms with Crippen molar-refractivity contribution in [1.29, 1.82) is 0 Å². The molecular formula is C17H28N4. The first kappa shape index (κ1) is 15.8. The van der Waals surface area contributed by atoms with Gasteiger partial charge in [0.1, 0.15) is 0 Å². The molecule has 0 atom stereocenters. The van der Waals surface area contributed by atoms with Gasteiger partial charge in [-0.05, 0) is 38.3 Å². The van der Waals surface area contributed by atoms with E-state index in [2.05, 4.69) is 65.6 Å². The summed E-state index contributed by atoms with van der Waals surface area (Å²) in [6.45, 7) is 10.4. The summed E-state index contributed by atoms with van der Waals surface area (Å²) in [5, 5.41) is 6.94. The van der Waals surface area contributed by atoms with Crippen molar-refractivity contribution >= 4 is 5.96 Å². The van der Waals surface area contributed by atoms with E-state index in [1.165, 1.54) is 11.1 Å². The highest BCUT2D eigenvalue weighted by molar-refractivity contribution is 5.80. The third-order valence-electron chi connectivity index (χ3n) is 3.71. The number of guanidine groups is 1. The van der Waals surface area contributed by atoms with Gasteiger partial charge in [-0.15, -0.1) is 0 Å². The molecule has 1 heterocycles. The molecule has 21 heavy (non-hydrogen) atoms. The molecule has 2 rings (SSSR count). The Morgan fingerprint density at radius 1 is 1.19 bits per heavy atom. The molecule has 0 saturated heterocycles. The van der Waals surface area contributed by atoms with Gasteiger partial charge >= 0.3 is 0 Å². The summed E-state index contributed by atoms with van der Waals surface area (Å²) in [6.07, 6.45) is 1.09. The van der Waals surface area contributed by atoms with E-state index >= 15 is 0 Å². The number of nitrogens with one attached hydrogen (secondary N) is 2. The Morgan fingerprint density at radius 3 is 2.57 bits per heavy atom. The molecule has 4 nitrogen and oxygen atoms in total. The second-order valence-electron chi connectivity index (χ2n) is 6.59. The van der Waals surface area contributed by atoms with Crippen LogP contribution in [0.3, 0.4) is 0 Å². The Bertz CT molecular complexity index is 488. The van der Waals surface area contributed by atoms with Crippen LogP contribution >= 0.6 is 0 Å². The molecule has 0 unspecified atom stereocenters. The fourth-order valence-corrected chi connectivity index (χ4v) is 2.62. The van der Waals surface area contributed by atoms with E-state index in [1.54, 1.807) is 0 Å². The van der Waals surface area contributed by atoms with Crippen LogP contribution in [-0.2, 0) is 13.0 Å². The van der Waals surface area contributed by atoms with Gasteiger partial charge in [-0.3, -0.25) is 4.99 Å². The highest BCUT2D eigenvalue weighted by Gasteiger charge is 2.18. The third-order valence-corrected chi connectivity index (χ3v) is 3.71. The summed E-state index contributed by atoms with van der Waals surface area (Å²) in [7, 11) is 1.86. The van der Waals surface area contributed by atoms with Gasteiger partial charge in [0.2, 0.25) is 0 Å². The quantitative estimate of drug-likeness (QED) is 0.508. The lowest BCUT2D eigenvalue weighted by Gasteiger charge is -2.32. The van der Waals surface area contributed by atoms with Crippen molar-refractivity contribution in [3.63, 3.8) is 0 Å². The fraction of sp³-hybridized carbons (Fsp3) is 0.588. The van der Waals surface area contributed by atoms with E-state index in [-0.39, 0.29) is 5.54 Å². The molecule has 116 valence electrons. The van der Waals surface area contributed by atoms with Gasteiger partial charge in [-0.25, -0.2) is 0 Å². The van der Waals surface area contributed by atoms with Crippen LogP contribution in [0.2, 0.25) is 0 Å². The standard InChI is InChI=1S/C17H28N4/c1-17(2,3)20-11-10-19-16(18-4)21-12-9-14-7-5-6-8-15(14)13-21/h5-8,20H,9-13H2,1-4H3,(H,18,19). The zero-order valence-electron chi connectivity index (χ0n) is 13.7. The molecule has 1 aliphatic rings. The largest absolute Gasteiger partial charge is 0.355 e. The smallest absolute Gasteiger partial charge is 0.194 e. The van der Waals surface area contributed by atoms with Gasteiger partial charge in [0, 0.05) is 38.8 Å². The molecule has 0 saturated carbocycles. The molecule has 0 amide bonds. The number of aliphatic imine (C=N–C) groups is 1. The van der Waals surface area contributed by atoms with E-state index in [0.717, 1.165) is 38.6 Å². The zero-order chi connectivity index (χ0) is 15.3. The molecule has 4 heteroatoms. The van der Waals surface area contributed by atoms with Gasteiger partial charge < -0.3 is 15.5 Å². The van der Waals surface area contributed by atoms with Crippen LogP contribution < -0.4 is 10.6 Å². The Labute approximate surface area is 128 Å². The highest BCUT2D eigenvalue weighted by Crippen LogP contribution is 2.18. The summed E-state index contributed by atoms with van der Waals surface area (Å²) in [6, 6.07) is 8.69.